The van der Waals surface area contributed by atoms with Crippen molar-refractivity contribution in [2.24, 2.45) is 0 Å². The number of rotatable bonds is 5. The maximum atomic E-state index is 12.6. The first-order valence-electron chi connectivity index (χ1n) is 10.5. The Bertz CT molecular complexity index is 1090. The summed E-state index contributed by atoms with van der Waals surface area (Å²) in [5, 5.41) is 4.54. The van der Waals surface area contributed by atoms with Gasteiger partial charge in [-0.1, -0.05) is 18.2 Å². The van der Waals surface area contributed by atoms with Crippen LogP contribution in [0.3, 0.4) is 0 Å². The number of benzene rings is 1. The van der Waals surface area contributed by atoms with Gasteiger partial charge < -0.3 is 14.5 Å². The van der Waals surface area contributed by atoms with E-state index in [1.54, 1.807) is 0 Å². The summed E-state index contributed by atoms with van der Waals surface area (Å²) in [4.78, 5) is 25.8. The number of carbonyl (C=O) groups excluding carboxylic acids is 1. The number of para-hydroxylation sites is 1. The van der Waals surface area contributed by atoms with E-state index in [0.29, 0.717) is 32.0 Å². The minimum Gasteiger partial charge on any atom is -0.484 e. The molecule has 0 bridgehead atoms. The Labute approximate surface area is 182 Å². The molecule has 0 aliphatic carbocycles. The van der Waals surface area contributed by atoms with Crippen LogP contribution < -0.4 is 9.64 Å². The molecule has 4 rings (SSSR count). The van der Waals surface area contributed by atoms with Crippen molar-refractivity contribution >= 4 is 11.7 Å². The van der Waals surface area contributed by atoms with E-state index in [4.69, 9.17) is 4.74 Å². The van der Waals surface area contributed by atoms with Crippen LogP contribution in [0, 0.1) is 27.7 Å². The number of aryl methyl sites for hydroxylation is 4. The van der Waals surface area contributed by atoms with Crippen LogP contribution >= 0.6 is 0 Å². The smallest absolute Gasteiger partial charge is 0.260 e. The summed E-state index contributed by atoms with van der Waals surface area (Å²) in [6.07, 6.45) is 0. The second kappa shape index (κ2) is 8.75. The average molecular weight is 421 g/mol. The van der Waals surface area contributed by atoms with Crippen molar-refractivity contribution in [3.8, 4) is 11.6 Å². The second-order valence-corrected chi connectivity index (χ2v) is 7.89. The zero-order chi connectivity index (χ0) is 22.0. The number of piperazine rings is 1. The van der Waals surface area contributed by atoms with E-state index in [1.165, 1.54) is 0 Å². The molecule has 162 valence electrons. The minimum absolute atomic E-state index is 0.00472. The van der Waals surface area contributed by atoms with E-state index in [1.807, 2.05) is 73.7 Å². The Kier molecular flexibility index (Phi) is 5.88. The lowest BCUT2D eigenvalue weighted by Crippen LogP contribution is -2.50. The third-order valence-electron chi connectivity index (χ3n) is 5.44. The van der Waals surface area contributed by atoms with Gasteiger partial charge in [0, 0.05) is 37.9 Å². The lowest BCUT2D eigenvalue weighted by molar-refractivity contribution is -0.133. The van der Waals surface area contributed by atoms with Crippen molar-refractivity contribution < 1.29 is 9.53 Å². The van der Waals surface area contributed by atoms with Crippen LogP contribution in [0.15, 0.2) is 36.4 Å². The maximum absolute atomic E-state index is 12.6. The molecule has 1 aromatic carbocycles. The van der Waals surface area contributed by atoms with Gasteiger partial charge in [-0.15, -0.1) is 0 Å². The number of ether oxygens (including phenoxy) is 1. The van der Waals surface area contributed by atoms with Gasteiger partial charge in [0.2, 0.25) is 0 Å². The highest BCUT2D eigenvalue weighted by molar-refractivity contribution is 5.78. The van der Waals surface area contributed by atoms with Gasteiger partial charge in [-0.05, 0) is 45.4 Å². The predicted octanol–water partition coefficient (Wildman–Crippen LogP) is 2.62. The predicted molar refractivity (Wildman–Crippen MR) is 119 cm³/mol. The molecular formula is C23H28N6O2. The van der Waals surface area contributed by atoms with Crippen LogP contribution in [0.1, 0.15) is 22.8 Å². The number of carbonyl (C=O) groups is 1. The molecule has 1 aliphatic heterocycles. The number of anilines is 1. The molecule has 1 amide bonds. The molecule has 0 N–H and O–H groups in total. The summed E-state index contributed by atoms with van der Waals surface area (Å²) < 4.78 is 7.57. The van der Waals surface area contributed by atoms with Gasteiger partial charge in [0.25, 0.3) is 5.91 Å². The zero-order valence-electron chi connectivity index (χ0n) is 18.5. The van der Waals surface area contributed by atoms with Crippen LogP contribution in [0.4, 0.5) is 5.82 Å². The van der Waals surface area contributed by atoms with E-state index in [0.717, 1.165) is 34.3 Å². The second-order valence-electron chi connectivity index (χ2n) is 7.89. The SMILES string of the molecule is Cc1cc(C)n(-c2cc(N3CCN(C(=O)COc4ccccc4C)CC3)nc(C)n2)n1. The third kappa shape index (κ3) is 4.68. The van der Waals surface area contributed by atoms with Crippen LogP contribution in [0.2, 0.25) is 0 Å². The van der Waals surface area contributed by atoms with Crippen molar-refractivity contribution in [1.82, 2.24) is 24.6 Å². The van der Waals surface area contributed by atoms with E-state index >= 15 is 0 Å². The molecule has 8 nitrogen and oxygen atoms in total. The Morgan fingerprint density at radius 1 is 0.968 bits per heavy atom. The number of hydrogen-bond donors (Lipinski definition) is 0. The molecule has 0 atom stereocenters. The van der Waals surface area contributed by atoms with E-state index < -0.39 is 0 Å². The molecule has 0 unspecified atom stereocenters. The minimum atomic E-state index is 0.00472. The molecule has 1 saturated heterocycles. The molecule has 31 heavy (non-hydrogen) atoms. The number of aromatic nitrogens is 4. The monoisotopic (exact) mass is 420 g/mol. The van der Waals surface area contributed by atoms with Crippen molar-refractivity contribution in [1.29, 1.82) is 0 Å². The molecule has 3 aromatic rings. The van der Waals surface area contributed by atoms with Crippen LogP contribution in [0.25, 0.3) is 5.82 Å². The molecule has 0 saturated carbocycles. The zero-order valence-corrected chi connectivity index (χ0v) is 18.5. The summed E-state index contributed by atoms with van der Waals surface area (Å²) in [6.45, 7) is 10.6. The number of nitrogens with zero attached hydrogens (tertiary/aromatic N) is 6. The van der Waals surface area contributed by atoms with Crippen LogP contribution in [-0.4, -0.2) is 63.3 Å². The topological polar surface area (TPSA) is 76.4 Å². The molecule has 1 aliphatic rings. The largest absolute Gasteiger partial charge is 0.484 e. The van der Waals surface area contributed by atoms with Gasteiger partial charge in [-0.2, -0.15) is 5.10 Å². The van der Waals surface area contributed by atoms with Gasteiger partial charge >= 0.3 is 0 Å². The molecule has 2 aromatic heterocycles. The highest BCUT2D eigenvalue weighted by Crippen LogP contribution is 2.20. The van der Waals surface area contributed by atoms with E-state index in [9.17, 15) is 4.79 Å². The lowest BCUT2D eigenvalue weighted by atomic mass is 10.2. The van der Waals surface area contributed by atoms with Gasteiger partial charge in [0.15, 0.2) is 12.4 Å². The summed E-state index contributed by atoms with van der Waals surface area (Å²) >= 11 is 0. The van der Waals surface area contributed by atoms with Gasteiger partial charge in [0.05, 0.1) is 5.69 Å². The fraction of sp³-hybridized carbons (Fsp3) is 0.391. The standard InChI is InChI=1S/C23H28N6O2/c1-16-7-5-6-8-20(16)31-15-23(30)28-11-9-27(10-12-28)21-14-22(25-19(4)24-21)29-18(3)13-17(2)26-29/h5-8,13-14H,9-12,15H2,1-4H3. The molecule has 8 heteroatoms. The Hall–Kier alpha value is -3.42. The highest BCUT2D eigenvalue weighted by atomic mass is 16.5. The Balaban J connectivity index is 1.39. The molecule has 0 spiro atoms. The first-order chi connectivity index (χ1) is 14.9. The Morgan fingerprint density at radius 2 is 1.68 bits per heavy atom. The molecule has 0 radical (unpaired) electrons. The normalized spacial score (nSPS) is 14.1. The molecule has 3 heterocycles. The quantitative estimate of drug-likeness (QED) is 0.632. The molecular weight excluding hydrogens is 392 g/mol. The van der Waals surface area contributed by atoms with Crippen LogP contribution in [-0.2, 0) is 4.79 Å². The fourth-order valence-corrected chi connectivity index (χ4v) is 3.80. The summed E-state index contributed by atoms with van der Waals surface area (Å²) in [7, 11) is 0. The lowest BCUT2D eigenvalue weighted by Gasteiger charge is -2.35. The van der Waals surface area contributed by atoms with Crippen molar-refractivity contribution in [3.05, 3.63) is 59.2 Å². The van der Waals surface area contributed by atoms with Crippen molar-refractivity contribution in [3.63, 3.8) is 0 Å². The van der Waals surface area contributed by atoms with Gasteiger partial charge in [0.1, 0.15) is 17.4 Å². The first kappa shape index (κ1) is 20.8. The summed E-state index contributed by atoms with van der Waals surface area (Å²) in [6, 6.07) is 11.7. The van der Waals surface area contributed by atoms with E-state index in [-0.39, 0.29) is 12.5 Å². The van der Waals surface area contributed by atoms with Crippen molar-refractivity contribution in [2.45, 2.75) is 27.7 Å². The van der Waals surface area contributed by atoms with Crippen LogP contribution in [0.5, 0.6) is 5.75 Å². The van der Waals surface area contributed by atoms with Crippen molar-refractivity contribution in [2.75, 3.05) is 37.7 Å². The Morgan fingerprint density at radius 3 is 2.35 bits per heavy atom. The van der Waals surface area contributed by atoms with Gasteiger partial charge in [-0.25, -0.2) is 14.6 Å². The maximum Gasteiger partial charge on any atom is 0.260 e. The third-order valence-corrected chi connectivity index (χ3v) is 5.44. The average Bonchev–Trinajstić information content (AvgIpc) is 3.10. The summed E-state index contributed by atoms with van der Waals surface area (Å²) in [5.74, 6) is 3.08. The van der Waals surface area contributed by atoms with E-state index in [2.05, 4.69) is 20.0 Å². The molecule has 1 fully saturated rings. The number of hydrogen-bond acceptors (Lipinski definition) is 6. The number of amides is 1. The highest BCUT2D eigenvalue weighted by Gasteiger charge is 2.23. The van der Waals surface area contributed by atoms with Gasteiger partial charge in [-0.3, -0.25) is 4.79 Å². The first-order valence-corrected chi connectivity index (χ1v) is 10.5. The summed E-state index contributed by atoms with van der Waals surface area (Å²) in [5.41, 5.74) is 3.01. The fourth-order valence-electron chi connectivity index (χ4n) is 3.80.